The van der Waals surface area contributed by atoms with Gasteiger partial charge in [-0.2, -0.15) is 5.10 Å². The van der Waals surface area contributed by atoms with E-state index in [9.17, 15) is 0 Å². The Kier molecular flexibility index (Phi) is 1.75. The first-order valence-electron chi connectivity index (χ1n) is 4.79. The normalized spacial score (nSPS) is 10.7. The van der Waals surface area contributed by atoms with E-state index in [0.717, 1.165) is 16.8 Å². The van der Waals surface area contributed by atoms with Gasteiger partial charge in [-0.1, -0.05) is 30.3 Å². The summed E-state index contributed by atoms with van der Waals surface area (Å²) in [5.41, 5.74) is 3.10. The van der Waals surface area contributed by atoms with Crippen molar-refractivity contribution >= 4 is 5.65 Å². The van der Waals surface area contributed by atoms with E-state index in [-0.39, 0.29) is 0 Å². The summed E-state index contributed by atoms with van der Waals surface area (Å²) in [5, 5.41) is 4.25. The van der Waals surface area contributed by atoms with Crippen molar-refractivity contribution in [3.8, 4) is 11.1 Å². The maximum absolute atomic E-state index is 4.32. The number of hydrogen-bond acceptors (Lipinski definition) is 2. The van der Waals surface area contributed by atoms with E-state index in [0.29, 0.717) is 0 Å². The van der Waals surface area contributed by atoms with Gasteiger partial charge >= 0.3 is 0 Å². The molecule has 0 spiro atoms. The lowest BCUT2D eigenvalue weighted by Crippen LogP contribution is -1.87. The largest absolute Gasteiger partial charge is 0.236 e. The summed E-state index contributed by atoms with van der Waals surface area (Å²) < 4.78 is 1.78. The second-order valence-corrected chi connectivity index (χ2v) is 3.31. The SMILES string of the molecule is c1ccc(-c2cnn3cccnc23)cc1. The van der Waals surface area contributed by atoms with Crippen molar-refractivity contribution in [2.45, 2.75) is 0 Å². The lowest BCUT2D eigenvalue weighted by atomic mass is 10.1. The molecule has 1 aromatic carbocycles. The summed E-state index contributed by atoms with van der Waals surface area (Å²) in [6.07, 6.45) is 5.52. The fourth-order valence-electron chi connectivity index (χ4n) is 1.65. The van der Waals surface area contributed by atoms with Crippen LogP contribution < -0.4 is 0 Å². The number of aromatic nitrogens is 3. The zero-order chi connectivity index (χ0) is 10.1. The van der Waals surface area contributed by atoms with Gasteiger partial charge < -0.3 is 0 Å². The van der Waals surface area contributed by atoms with Gasteiger partial charge in [-0.25, -0.2) is 9.50 Å². The summed E-state index contributed by atoms with van der Waals surface area (Å²) in [5.74, 6) is 0. The molecule has 0 amide bonds. The number of benzene rings is 1. The Balaban J connectivity index is 2.28. The van der Waals surface area contributed by atoms with Crippen molar-refractivity contribution in [3.05, 3.63) is 55.0 Å². The van der Waals surface area contributed by atoms with Crippen LogP contribution in [0.5, 0.6) is 0 Å². The van der Waals surface area contributed by atoms with E-state index in [1.165, 1.54) is 0 Å². The highest BCUT2D eigenvalue weighted by Crippen LogP contribution is 2.21. The fourth-order valence-corrected chi connectivity index (χ4v) is 1.65. The third kappa shape index (κ3) is 1.29. The Hall–Kier alpha value is -2.16. The Morgan fingerprint density at radius 3 is 2.73 bits per heavy atom. The van der Waals surface area contributed by atoms with E-state index in [4.69, 9.17) is 0 Å². The average molecular weight is 195 g/mol. The first kappa shape index (κ1) is 8.17. The van der Waals surface area contributed by atoms with Crippen LogP contribution >= 0.6 is 0 Å². The van der Waals surface area contributed by atoms with Gasteiger partial charge in [0.05, 0.1) is 6.20 Å². The van der Waals surface area contributed by atoms with Gasteiger partial charge in [0.15, 0.2) is 5.65 Å². The molecule has 3 nitrogen and oxygen atoms in total. The second-order valence-electron chi connectivity index (χ2n) is 3.31. The van der Waals surface area contributed by atoms with Crippen molar-refractivity contribution in [1.82, 2.24) is 14.6 Å². The van der Waals surface area contributed by atoms with Crippen LogP contribution in [0.2, 0.25) is 0 Å². The van der Waals surface area contributed by atoms with E-state index < -0.39 is 0 Å². The fraction of sp³-hybridized carbons (Fsp3) is 0. The highest BCUT2D eigenvalue weighted by molar-refractivity contribution is 5.76. The lowest BCUT2D eigenvalue weighted by molar-refractivity contribution is 0.939. The molecule has 2 aromatic heterocycles. The molecular formula is C12H9N3. The molecule has 0 N–H and O–H groups in total. The molecule has 0 atom stereocenters. The molecule has 72 valence electrons. The predicted molar refractivity (Wildman–Crippen MR) is 58.4 cm³/mol. The number of nitrogens with zero attached hydrogens (tertiary/aromatic N) is 3. The van der Waals surface area contributed by atoms with Crippen molar-refractivity contribution < 1.29 is 0 Å². The number of rotatable bonds is 1. The third-order valence-corrected chi connectivity index (χ3v) is 2.36. The van der Waals surface area contributed by atoms with Crippen LogP contribution in [-0.2, 0) is 0 Å². The van der Waals surface area contributed by atoms with Gasteiger partial charge in [-0.3, -0.25) is 0 Å². The Labute approximate surface area is 87.0 Å². The molecule has 0 aliphatic carbocycles. The summed E-state index contributed by atoms with van der Waals surface area (Å²) in [4.78, 5) is 4.32. The van der Waals surface area contributed by atoms with Crippen LogP contribution in [0.3, 0.4) is 0 Å². The first-order valence-corrected chi connectivity index (χ1v) is 4.79. The summed E-state index contributed by atoms with van der Waals surface area (Å²) in [6.45, 7) is 0. The van der Waals surface area contributed by atoms with Crippen molar-refractivity contribution in [2.75, 3.05) is 0 Å². The number of fused-ring (bicyclic) bond motifs is 1. The standard InChI is InChI=1S/C12H9N3/c1-2-5-10(6-3-1)11-9-14-15-8-4-7-13-12(11)15/h1-9H. The minimum Gasteiger partial charge on any atom is -0.236 e. The van der Waals surface area contributed by atoms with E-state index >= 15 is 0 Å². The van der Waals surface area contributed by atoms with Crippen LogP contribution in [0.25, 0.3) is 16.8 Å². The molecule has 3 aromatic rings. The average Bonchev–Trinajstić information content (AvgIpc) is 2.74. The van der Waals surface area contributed by atoms with Crippen LogP contribution in [-0.4, -0.2) is 14.6 Å². The van der Waals surface area contributed by atoms with Gasteiger partial charge in [0.2, 0.25) is 0 Å². The highest BCUT2D eigenvalue weighted by atomic mass is 15.2. The van der Waals surface area contributed by atoms with Crippen molar-refractivity contribution in [2.24, 2.45) is 0 Å². The van der Waals surface area contributed by atoms with Crippen molar-refractivity contribution in [1.29, 1.82) is 0 Å². The van der Waals surface area contributed by atoms with Crippen LogP contribution in [0, 0.1) is 0 Å². The van der Waals surface area contributed by atoms with Crippen LogP contribution in [0.4, 0.5) is 0 Å². The third-order valence-electron chi connectivity index (χ3n) is 2.36. The monoisotopic (exact) mass is 195 g/mol. The van der Waals surface area contributed by atoms with Gasteiger partial charge in [0.1, 0.15) is 0 Å². The molecule has 0 unspecified atom stereocenters. The molecule has 0 bridgehead atoms. The molecular weight excluding hydrogens is 186 g/mol. The molecule has 3 heteroatoms. The Morgan fingerprint density at radius 1 is 1.00 bits per heavy atom. The molecule has 0 aliphatic rings. The molecule has 0 saturated carbocycles. The lowest BCUT2D eigenvalue weighted by Gasteiger charge is -1.96. The van der Waals surface area contributed by atoms with Crippen molar-refractivity contribution in [3.63, 3.8) is 0 Å². The minimum atomic E-state index is 0.892. The topological polar surface area (TPSA) is 30.2 Å². The quantitative estimate of drug-likeness (QED) is 0.596. The number of hydrogen-bond donors (Lipinski definition) is 0. The maximum atomic E-state index is 4.32. The van der Waals surface area contributed by atoms with E-state index in [1.54, 1.807) is 10.7 Å². The van der Waals surface area contributed by atoms with Gasteiger partial charge in [-0.15, -0.1) is 0 Å². The Morgan fingerprint density at radius 2 is 1.87 bits per heavy atom. The van der Waals surface area contributed by atoms with Crippen LogP contribution in [0.15, 0.2) is 55.0 Å². The molecule has 0 aliphatic heterocycles. The smallest absolute Gasteiger partial charge is 0.162 e. The molecule has 15 heavy (non-hydrogen) atoms. The molecule has 3 rings (SSSR count). The zero-order valence-electron chi connectivity index (χ0n) is 8.04. The first-order chi connectivity index (χ1) is 7.45. The molecule has 0 saturated heterocycles. The minimum absolute atomic E-state index is 0.892. The van der Waals surface area contributed by atoms with E-state index in [1.807, 2.05) is 36.7 Å². The van der Waals surface area contributed by atoms with E-state index in [2.05, 4.69) is 22.2 Å². The molecule has 0 radical (unpaired) electrons. The molecule has 0 fully saturated rings. The van der Waals surface area contributed by atoms with Gasteiger partial charge in [0, 0.05) is 18.0 Å². The summed E-state index contributed by atoms with van der Waals surface area (Å²) in [7, 11) is 0. The summed E-state index contributed by atoms with van der Waals surface area (Å²) in [6, 6.07) is 12.0. The van der Waals surface area contributed by atoms with Gasteiger partial charge in [0.25, 0.3) is 0 Å². The maximum Gasteiger partial charge on any atom is 0.162 e. The Bertz CT molecular complexity index is 584. The predicted octanol–water partition coefficient (Wildman–Crippen LogP) is 2.40. The van der Waals surface area contributed by atoms with Crippen LogP contribution in [0.1, 0.15) is 0 Å². The van der Waals surface area contributed by atoms with Gasteiger partial charge in [-0.05, 0) is 11.6 Å². The second kappa shape index (κ2) is 3.20. The highest BCUT2D eigenvalue weighted by Gasteiger charge is 2.05. The summed E-state index contributed by atoms with van der Waals surface area (Å²) >= 11 is 0. The zero-order valence-corrected chi connectivity index (χ0v) is 8.04. The molecule has 2 heterocycles.